The maximum Gasteiger partial charge on any atom is 0.0125 e. The summed E-state index contributed by atoms with van der Waals surface area (Å²) in [5, 5.41) is 0. The zero-order valence-electron chi connectivity index (χ0n) is 11.8. The van der Waals surface area contributed by atoms with Crippen LogP contribution < -0.4 is 0 Å². The van der Waals surface area contributed by atoms with Gasteiger partial charge in [-0.15, -0.1) is 0 Å². The highest BCUT2D eigenvalue weighted by atomic mass is 15.3. The number of rotatable bonds is 2. The lowest BCUT2D eigenvalue weighted by Gasteiger charge is -2.58. The molecular formula is C15H28N2. The lowest BCUT2D eigenvalue weighted by atomic mass is 9.70. The number of likely N-dealkylation sites (tertiary alicyclic amines) is 2. The second-order valence-electron chi connectivity index (χ2n) is 7.77. The molecule has 0 amide bonds. The van der Waals surface area contributed by atoms with Gasteiger partial charge in [0.25, 0.3) is 0 Å². The van der Waals surface area contributed by atoms with Gasteiger partial charge < -0.3 is 4.90 Å². The summed E-state index contributed by atoms with van der Waals surface area (Å²) in [6.45, 7) is 13.9. The number of piperidine rings is 1. The van der Waals surface area contributed by atoms with E-state index in [-0.39, 0.29) is 0 Å². The van der Waals surface area contributed by atoms with Crippen molar-refractivity contribution in [3.05, 3.63) is 0 Å². The summed E-state index contributed by atoms with van der Waals surface area (Å²) in [6.07, 6.45) is 5.90. The van der Waals surface area contributed by atoms with Gasteiger partial charge in [0.05, 0.1) is 0 Å². The second kappa shape index (κ2) is 3.96. The van der Waals surface area contributed by atoms with Crippen LogP contribution >= 0.6 is 0 Å². The molecule has 0 bridgehead atoms. The van der Waals surface area contributed by atoms with Gasteiger partial charge in [0.1, 0.15) is 0 Å². The van der Waals surface area contributed by atoms with E-state index in [9.17, 15) is 0 Å². The Kier molecular flexibility index (Phi) is 2.79. The van der Waals surface area contributed by atoms with E-state index in [0.29, 0.717) is 11.0 Å². The molecule has 0 unspecified atom stereocenters. The topological polar surface area (TPSA) is 6.48 Å². The Balaban J connectivity index is 1.46. The molecule has 17 heavy (non-hydrogen) atoms. The third kappa shape index (κ3) is 2.53. The van der Waals surface area contributed by atoms with Gasteiger partial charge >= 0.3 is 0 Å². The average molecular weight is 236 g/mol. The first-order chi connectivity index (χ1) is 7.97. The van der Waals surface area contributed by atoms with Crippen molar-refractivity contribution in [1.82, 2.24) is 9.80 Å². The molecule has 3 rings (SSSR count). The van der Waals surface area contributed by atoms with E-state index in [1.54, 1.807) is 0 Å². The molecular weight excluding hydrogens is 208 g/mol. The molecule has 2 aliphatic heterocycles. The summed E-state index contributed by atoms with van der Waals surface area (Å²) in [4.78, 5) is 5.38. The average Bonchev–Trinajstić information content (AvgIpc) is 2.98. The molecule has 0 atom stereocenters. The minimum Gasteiger partial charge on any atom is -0.303 e. The summed E-state index contributed by atoms with van der Waals surface area (Å²) >= 11 is 0. The normalized spacial score (nSPS) is 30.5. The van der Waals surface area contributed by atoms with Crippen LogP contribution in [0.4, 0.5) is 0 Å². The number of nitrogens with zero attached hydrogens (tertiary/aromatic N) is 2. The summed E-state index contributed by atoms with van der Waals surface area (Å²) in [7, 11) is 0. The van der Waals surface area contributed by atoms with Crippen LogP contribution in [0.3, 0.4) is 0 Å². The van der Waals surface area contributed by atoms with Gasteiger partial charge in [0.15, 0.2) is 0 Å². The molecule has 2 heteroatoms. The Hall–Kier alpha value is -0.0800. The van der Waals surface area contributed by atoms with Gasteiger partial charge in [0.2, 0.25) is 0 Å². The molecule has 1 aliphatic carbocycles. The maximum absolute atomic E-state index is 2.72. The monoisotopic (exact) mass is 236 g/mol. The quantitative estimate of drug-likeness (QED) is 0.727. The zero-order valence-corrected chi connectivity index (χ0v) is 11.8. The SMILES string of the molecule is CC(C)(C)N1CC2(CCN(CC3CC3)CC2)C1. The standard InChI is InChI=1S/C15H28N2/c1-14(2,3)17-11-15(12-17)6-8-16(9-7-15)10-13-4-5-13/h13H,4-12H2,1-3H3. The van der Waals surface area contributed by atoms with Crippen molar-refractivity contribution >= 4 is 0 Å². The molecule has 1 spiro atoms. The van der Waals surface area contributed by atoms with E-state index in [4.69, 9.17) is 0 Å². The number of hydrogen-bond donors (Lipinski definition) is 0. The van der Waals surface area contributed by atoms with Crippen LogP contribution in [-0.4, -0.2) is 48.1 Å². The van der Waals surface area contributed by atoms with Gasteiger partial charge in [0, 0.05) is 25.2 Å². The van der Waals surface area contributed by atoms with Gasteiger partial charge in [-0.3, -0.25) is 4.90 Å². The van der Waals surface area contributed by atoms with E-state index in [1.807, 2.05) is 0 Å². The Labute approximate surface area is 106 Å². The van der Waals surface area contributed by atoms with Crippen LogP contribution in [0.5, 0.6) is 0 Å². The van der Waals surface area contributed by atoms with Crippen LogP contribution in [-0.2, 0) is 0 Å². The molecule has 3 fully saturated rings. The Morgan fingerprint density at radius 1 is 1.06 bits per heavy atom. The van der Waals surface area contributed by atoms with E-state index in [2.05, 4.69) is 30.6 Å². The summed E-state index contributed by atoms with van der Waals surface area (Å²) in [6, 6.07) is 0. The first-order valence-corrected chi connectivity index (χ1v) is 7.44. The van der Waals surface area contributed by atoms with Crippen LogP contribution in [0.25, 0.3) is 0 Å². The fourth-order valence-corrected chi connectivity index (χ4v) is 3.43. The van der Waals surface area contributed by atoms with E-state index in [1.165, 1.54) is 58.4 Å². The molecule has 0 aromatic carbocycles. The fraction of sp³-hybridized carbons (Fsp3) is 1.00. The Morgan fingerprint density at radius 2 is 1.65 bits per heavy atom. The molecule has 3 aliphatic rings. The highest BCUT2D eigenvalue weighted by molar-refractivity contribution is 5.02. The lowest BCUT2D eigenvalue weighted by Crippen LogP contribution is -2.65. The van der Waals surface area contributed by atoms with Crippen molar-refractivity contribution in [2.45, 2.75) is 52.0 Å². The van der Waals surface area contributed by atoms with Crippen LogP contribution in [0.1, 0.15) is 46.5 Å². The third-order valence-corrected chi connectivity index (χ3v) is 5.13. The van der Waals surface area contributed by atoms with Gasteiger partial charge in [-0.25, -0.2) is 0 Å². The smallest absolute Gasteiger partial charge is 0.0125 e. The highest BCUT2D eigenvalue weighted by Gasteiger charge is 2.47. The largest absolute Gasteiger partial charge is 0.303 e. The minimum atomic E-state index is 0.385. The van der Waals surface area contributed by atoms with Gasteiger partial charge in [-0.2, -0.15) is 0 Å². The fourth-order valence-electron chi connectivity index (χ4n) is 3.43. The van der Waals surface area contributed by atoms with E-state index < -0.39 is 0 Å². The second-order valence-corrected chi connectivity index (χ2v) is 7.77. The zero-order chi connectivity index (χ0) is 12.1. The van der Waals surface area contributed by atoms with Crippen LogP contribution in [0.2, 0.25) is 0 Å². The summed E-state index contributed by atoms with van der Waals surface area (Å²) in [5.41, 5.74) is 1.09. The maximum atomic E-state index is 2.72. The molecule has 2 nitrogen and oxygen atoms in total. The van der Waals surface area contributed by atoms with E-state index >= 15 is 0 Å². The lowest BCUT2D eigenvalue weighted by molar-refractivity contribution is -0.0902. The molecule has 0 radical (unpaired) electrons. The molecule has 2 saturated heterocycles. The predicted octanol–water partition coefficient (Wildman–Crippen LogP) is 2.59. The van der Waals surface area contributed by atoms with Crippen molar-refractivity contribution in [2.24, 2.45) is 11.3 Å². The summed E-state index contributed by atoms with van der Waals surface area (Å²) in [5.74, 6) is 1.07. The van der Waals surface area contributed by atoms with Crippen molar-refractivity contribution in [1.29, 1.82) is 0 Å². The van der Waals surface area contributed by atoms with Crippen molar-refractivity contribution in [3.63, 3.8) is 0 Å². The molecule has 0 aromatic heterocycles. The Morgan fingerprint density at radius 3 is 2.12 bits per heavy atom. The first kappa shape index (κ1) is 12.0. The predicted molar refractivity (Wildman–Crippen MR) is 72.2 cm³/mol. The van der Waals surface area contributed by atoms with E-state index in [0.717, 1.165) is 5.92 Å². The third-order valence-electron chi connectivity index (χ3n) is 5.13. The van der Waals surface area contributed by atoms with Gasteiger partial charge in [-0.1, -0.05) is 0 Å². The van der Waals surface area contributed by atoms with Crippen molar-refractivity contribution in [3.8, 4) is 0 Å². The molecule has 1 saturated carbocycles. The van der Waals surface area contributed by atoms with Gasteiger partial charge in [-0.05, 0) is 70.9 Å². The molecule has 0 aromatic rings. The van der Waals surface area contributed by atoms with Crippen molar-refractivity contribution in [2.75, 3.05) is 32.7 Å². The Bertz CT molecular complexity index is 272. The molecule has 0 N–H and O–H groups in total. The van der Waals surface area contributed by atoms with Crippen molar-refractivity contribution < 1.29 is 0 Å². The number of hydrogen-bond acceptors (Lipinski definition) is 2. The highest BCUT2D eigenvalue weighted by Crippen LogP contribution is 2.44. The summed E-state index contributed by atoms with van der Waals surface area (Å²) < 4.78 is 0. The van der Waals surface area contributed by atoms with Crippen LogP contribution in [0, 0.1) is 11.3 Å². The minimum absolute atomic E-state index is 0.385. The molecule has 2 heterocycles. The first-order valence-electron chi connectivity index (χ1n) is 7.44. The molecule has 98 valence electrons. The van der Waals surface area contributed by atoms with Crippen LogP contribution in [0.15, 0.2) is 0 Å².